The minimum absolute atomic E-state index is 0.0151. The van der Waals surface area contributed by atoms with E-state index in [4.69, 9.17) is 0 Å². The molecule has 192 valence electrons. The normalized spacial score (nSPS) is 11.0. The number of phenolic OH excluding ortho intramolecular Hbond substituents is 1. The van der Waals surface area contributed by atoms with E-state index in [0.717, 1.165) is 40.6 Å². The SMILES string of the molecule is O=C(Cc1nnc(CCCCc2nnc(NC(=O)Cc3ccccc3)s2)s1)Cc1ccc(F)c(O)c1F. The van der Waals surface area contributed by atoms with Gasteiger partial charge in [-0.2, -0.15) is 0 Å². The van der Waals surface area contributed by atoms with Crippen molar-refractivity contribution in [3.05, 3.63) is 80.2 Å². The average Bonchev–Trinajstić information content (AvgIpc) is 3.52. The number of amides is 1. The number of aromatic hydroxyl groups is 1. The van der Waals surface area contributed by atoms with E-state index in [-0.39, 0.29) is 36.5 Å². The number of benzene rings is 2. The molecule has 0 saturated heterocycles. The molecular formula is C25H23F2N5O3S2. The maximum Gasteiger partial charge on any atom is 0.230 e. The molecule has 2 heterocycles. The van der Waals surface area contributed by atoms with Crippen molar-refractivity contribution in [2.75, 3.05) is 5.32 Å². The molecule has 0 aliphatic carbocycles. The van der Waals surface area contributed by atoms with Gasteiger partial charge in [0.2, 0.25) is 11.0 Å². The van der Waals surface area contributed by atoms with E-state index in [1.165, 1.54) is 22.7 Å². The highest BCUT2D eigenvalue weighted by molar-refractivity contribution is 7.15. The first-order chi connectivity index (χ1) is 17.9. The zero-order valence-corrected chi connectivity index (χ0v) is 21.2. The zero-order valence-electron chi connectivity index (χ0n) is 19.6. The molecular weight excluding hydrogens is 520 g/mol. The van der Waals surface area contributed by atoms with Gasteiger partial charge in [0.05, 0.1) is 12.8 Å². The van der Waals surface area contributed by atoms with Crippen LogP contribution in [0.5, 0.6) is 5.75 Å². The van der Waals surface area contributed by atoms with Crippen LogP contribution in [0.15, 0.2) is 42.5 Å². The fourth-order valence-electron chi connectivity index (χ4n) is 3.53. The second-order valence-corrected chi connectivity index (χ2v) is 10.5. The number of hydrogen-bond acceptors (Lipinski definition) is 9. The first-order valence-electron chi connectivity index (χ1n) is 11.5. The third-order valence-corrected chi connectivity index (χ3v) is 7.23. The van der Waals surface area contributed by atoms with E-state index in [2.05, 4.69) is 25.7 Å². The van der Waals surface area contributed by atoms with Crippen molar-refractivity contribution in [3.63, 3.8) is 0 Å². The number of carbonyl (C=O) groups excluding carboxylic acids is 2. The number of hydrogen-bond donors (Lipinski definition) is 2. The number of Topliss-reactive ketones (excluding diaryl/α,β-unsaturated/α-hetero) is 1. The molecule has 2 N–H and O–H groups in total. The van der Waals surface area contributed by atoms with Crippen molar-refractivity contribution < 1.29 is 23.5 Å². The van der Waals surface area contributed by atoms with Crippen LogP contribution in [0.3, 0.4) is 0 Å². The monoisotopic (exact) mass is 543 g/mol. The molecule has 0 aliphatic rings. The Morgan fingerprint density at radius 1 is 0.811 bits per heavy atom. The van der Waals surface area contributed by atoms with Crippen LogP contribution in [-0.2, 0) is 41.7 Å². The summed E-state index contributed by atoms with van der Waals surface area (Å²) in [6.45, 7) is 0. The number of halogens is 2. The number of anilines is 1. The average molecular weight is 544 g/mol. The van der Waals surface area contributed by atoms with Crippen molar-refractivity contribution in [1.82, 2.24) is 20.4 Å². The summed E-state index contributed by atoms with van der Waals surface area (Å²) >= 11 is 2.67. The van der Waals surface area contributed by atoms with E-state index in [1.807, 2.05) is 30.3 Å². The number of unbranched alkanes of at least 4 members (excludes halogenated alkanes) is 1. The van der Waals surface area contributed by atoms with Crippen molar-refractivity contribution in [2.45, 2.75) is 44.9 Å². The lowest BCUT2D eigenvalue weighted by atomic mass is 10.1. The highest BCUT2D eigenvalue weighted by atomic mass is 32.1. The maximum absolute atomic E-state index is 13.9. The molecule has 0 atom stereocenters. The molecule has 0 spiro atoms. The van der Waals surface area contributed by atoms with E-state index >= 15 is 0 Å². The lowest BCUT2D eigenvalue weighted by molar-refractivity contribution is -0.118. The molecule has 0 radical (unpaired) electrons. The van der Waals surface area contributed by atoms with Crippen LogP contribution in [0.4, 0.5) is 13.9 Å². The largest absolute Gasteiger partial charge is 0.503 e. The quantitative estimate of drug-likeness (QED) is 0.253. The number of phenols is 1. The molecule has 0 fully saturated rings. The number of rotatable bonds is 12. The Labute approximate surface area is 219 Å². The Morgan fingerprint density at radius 2 is 1.49 bits per heavy atom. The minimum atomic E-state index is -1.12. The highest BCUT2D eigenvalue weighted by Gasteiger charge is 2.17. The molecule has 4 rings (SSSR count). The highest BCUT2D eigenvalue weighted by Crippen LogP contribution is 2.24. The Morgan fingerprint density at radius 3 is 2.24 bits per heavy atom. The molecule has 0 bridgehead atoms. The molecule has 0 unspecified atom stereocenters. The van der Waals surface area contributed by atoms with Gasteiger partial charge in [0.15, 0.2) is 17.4 Å². The van der Waals surface area contributed by atoms with Gasteiger partial charge in [-0.3, -0.25) is 9.59 Å². The Hall–Kier alpha value is -3.64. The fraction of sp³-hybridized carbons (Fsp3) is 0.280. The van der Waals surface area contributed by atoms with Crippen LogP contribution in [0, 0.1) is 11.6 Å². The van der Waals surface area contributed by atoms with Gasteiger partial charge >= 0.3 is 0 Å². The molecule has 0 aliphatic heterocycles. The van der Waals surface area contributed by atoms with E-state index in [0.29, 0.717) is 23.0 Å². The van der Waals surface area contributed by atoms with E-state index in [9.17, 15) is 23.5 Å². The van der Waals surface area contributed by atoms with Crippen LogP contribution >= 0.6 is 22.7 Å². The predicted molar refractivity (Wildman–Crippen MR) is 136 cm³/mol. The molecule has 1 amide bonds. The van der Waals surface area contributed by atoms with E-state index < -0.39 is 17.4 Å². The van der Waals surface area contributed by atoms with Gasteiger partial charge < -0.3 is 10.4 Å². The molecule has 4 aromatic rings. The van der Waals surface area contributed by atoms with Gasteiger partial charge in [-0.05, 0) is 30.0 Å². The lowest BCUT2D eigenvalue weighted by Crippen LogP contribution is -2.14. The zero-order chi connectivity index (χ0) is 26.2. The Kier molecular flexibility index (Phi) is 8.96. The van der Waals surface area contributed by atoms with Crippen molar-refractivity contribution >= 4 is 39.5 Å². The molecule has 2 aromatic heterocycles. The van der Waals surface area contributed by atoms with Crippen LogP contribution in [-0.4, -0.2) is 37.2 Å². The van der Waals surface area contributed by atoms with Crippen LogP contribution in [0.25, 0.3) is 0 Å². The summed E-state index contributed by atoms with van der Waals surface area (Å²) in [5.41, 5.74) is 0.861. The number of carbonyl (C=O) groups is 2. The Bertz CT molecular complexity index is 1380. The van der Waals surface area contributed by atoms with Gasteiger partial charge in [-0.1, -0.05) is 47.7 Å². The fourth-order valence-corrected chi connectivity index (χ4v) is 5.24. The van der Waals surface area contributed by atoms with Crippen molar-refractivity contribution in [3.8, 4) is 5.75 Å². The van der Waals surface area contributed by atoms with Gasteiger partial charge in [0.1, 0.15) is 20.8 Å². The number of nitrogens with zero attached hydrogens (tertiary/aromatic N) is 4. The first kappa shape index (κ1) is 26.4. The lowest BCUT2D eigenvalue weighted by Gasteiger charge is -2.04. The summed E-state index contributed by atoms with van der Waals surface area (Å²) in [5, 5.41) is 31.1. The van der Waals surface area contributed by atoms with Gasteiger partial charge in [0.25, 0.3) is 0 Å². The topological polar surface area (TPSA) is 118 Å². The van der Waals surface area contributed by atoms with Crippen molar-refractivity contribution in [2.24, 2.45) is 0 Å². The van der Waals surface area contributed by atoms with Gasteiger partial charge in [-0.15, -0.1) is 31.7 Å². The van der Waals surface area contributed by atoms with Crippen LogP contribution in [0.2, 0.25) is 0 Å². The van der Waals surface area contributed by atoms with Crippen LogP contribution in [0.1, 0.15) is 39.0 Å². The van der Waals surface area contributed by atoms with Gasteiger partial charge in [0, 0.05) is 19.3 Å². The number of ketones is 1. The third kappa shape index (κ3) is 7.67. The summed E-state index contributed by atoms with van der Waals surface area (Å²) in [5.74, 6) is -3.72. The minimum Gasteiger partial charge on any atom is -0.503 e. The standard InChI is InChI=1S/C25H23F2N5O3S2/c26-18-11-10-16(23(27)24(18)35)13-17(33)14-22-31-29-20(36-22)8-4-5-9-21-30-32-25(37-21)28-19(34)12-15-6-2-1-3-7-15/h1-3,6-7,10-11,35H,4-5,8-9,12-14H2,(H,28,32,34). The smallest absolute Gasteiger partial charge is 0.230 e. The summed E-state index contributed by atoms with van der Waals surface area (Å²) in [7, 11) is 0. The van der Waals surface area contributed by atoms with E-state index in [1.54, 1.807) is 0 Å². The van der Waals surface area contributed by atoms with Crippen molar-refractivity contribution in [1.29, 1.82) is 0 Å². The summed E-state index contributed by atoms with van der Waals surface area (Å²) < 4.78 is 27.1. The molecule has 8 nitrogen and oxygen atoms in total. The summed E-state index contributed by atoms with van der Waals surface area (Å²) in [6.07, 6.45) is 3.06. The number of aromatic nitrogens is 4. The van der Waals surface area contributed by atoms with Crippen LogP contribution < -0.4 is 5.32 Å². The number of nitrogens with one attached hydrogen (secondary N) is 1. The molecule has 0 saturated carbocycles. The molecule has 12 heteroatoms. The molecule has 2 aromatic carbocycles. The second-order valence-electron chi connectivity index (χ2n) is 8.27. The second kappa shape index (κ2) is 12.5. The first-order valence-corrected chi connectivity index (χ1v) is 13.2. The summed E-state index contributed by atoms with van der Waals surface area (Å²) in [4.78, 5) is 24.4. The summed E-state index contributed by atoms with van der Waals surface area (Å²) in [6, 6.07) is 11.5. The molecule has 37 heavy (non-hydrogen) atoms. The maximum atomic E-state index is 13.9. The van der Waals surface area contributed by atoms with Gasteiger partial charge in [-0.25, -0.2) is 8.78 Å². The number of aryl methyl sites for hydroxylation is 2. The Balaban J connectivity index is 1.17. The predicted octanol–water partition coefficient (Wildman–Crippen LogP) is 4.47. The third-order valence-electron chi connectivity index (χ3n) is 5.34.